The molecular weight excluding hydrogens is 310 g/mol. The number of rotatable bonds is 4. The summed E-state index contributed by atoms with van der Waals surface area (Å²) in [6, 6.07) is 8.91. The number of hydrogen-bond acceptors (Lipinski definition) is 6. The van der Waals surface area contributed by atoms with Gasteiger partial charge in [0.05, 0.1) is 24.8 Å². The van der Waals surface area contributed by atoms with Crippen molar-refractivity contribution in [3.63, 3.8) is 0 Å². The molecule has 0 radical (unpaired) electrons. The highest BCUT2D eigenvalue weighted by Crippen LogP contribution is 2.41. The van der Waals surface area contributed by atoms with E-state index in [-0.39, 0.29) is 24.2 Å². The van der Waals surface area contributed by atoms with Gasteiger partial charge in [0.25, 0.3) is 0 Å². The zero-order chi connectivity index (χ0) is 17.3. The van der Waals surface area contributed by atoms with Crippen molar-refractivity contribution in [2.45, 2.75) is 37.1 Å². The molecule has 0 unspecified atom stereocenters. The lowest BCUT2D eigenvalue weighted by Crippen LogP contribution is -2.55. The number of methoxy groups -OCH3 is 2. The van der Waals surface area contributed by atoms with Crippen LogP contribution in [0.1, 0.15) is 23.2 Å². The third kappa shape index (κ3) is 2.91. The number of esters is 2. The molecule has 2 bridgehead atoms. The Morgan fingerprint density at radius 2 is 1.75 bits per heavy atom. The first kappa shape index (κ1) is 16.9. The number of carbonyl (C=O) groups is 2. The summed E-state index contributed by atoms with van der Waals surface area (Å²) in [7, 11) is 5.00. The maximum atomic E-state index is 12.4. The predicted octanol–water partition coefficient (Wildman–Crippen LogP) is 1.49. The number of ether oxygens (including phenoxy) is 3. The van der Waals surface area contributed by atoms with E-state index in [0.29, 0.717) is 12.0 Å². The number of hydrogen-bond donors (Lipinski definition) is 0. The summed E-state index contributed by atoms with van der Waals surface area (Å²) in [6.07, 6.45) is 0.858. The van der Waals surface area contributed by atoms with E-state index >= 15 is 0 Å². The fraction of sp³-hybridized carbons (Fsp3) is 0.556. The minimum atomic E-state index is -0.545. The van der Waals surface area contributed by atoms with Gasteiger partial charge in [-0.3, -0.25) is 9.69 Å². The molecule has 1 aromatic rings. The summed E-state index contributed by atoms with van der Waals surface area (Å²) in [5, 5.41) is 0. The lowest BCUT2D eigenvalue weighted by molar-refractivity contribution is -0.158. The van der Waals surface area contributed by atoms with E-state index in [4.69, 9.17) is 14.2 Å². The van der Waals surface area contributed by atoms with Crippen LogP contribution in [-0.4, -0.2) is 62.4 Å². The monoisotopic (exact) mass is 333 g/mol. The standard InChI is InChI=1S/C18H23NO5/c1-19-12-9-13(24-17(20)11-7-5-4-6-8-11)15(18(21)23-3)16(19)14(10-12)22-2/h4-8,12-16H,9-10H2,1-3H3/t12-,13+,14-,15+,16-/m0/s1. The summed E-state index contributed by atoms with van der Waals surface area (Å²) >= 11 is 0. The Bertz CT molecular complexity index is 605. The molecule has 0 aliphatic carbocycles. The third-order valence-corrected chi connectivity index (χ3v) is 5.25. The highest BCUT2D eigenvalue weighted by atomic mass is 16.6. The molecule has 6 heteroatoms. The van der Waals surface area contributed by atoms with Gasteiger partial charge in [0, 0.05) is 19.6 Å². The number of piperidine rings is 1. The van der Waals surface area contributed by atoms with Crippen molar-refractivity contribution >= 4 is 11.9 Å². The van der Waals surface area contributed by atoms with Gasteiger partial charge in [0.1, 0.15) is 12.0 Å². The highest BCUT2D eigenvalue weighted by Gasteiger charge is 2.55. The Morgan fingerprint density at radius 3 is 2.38 bits per heavy atom. The molecule has 0 amide bonds. The zero-order valence-electron chi connectivity index (χ0n) is 14.2. The molecular formula is C18H23NO5. The molecule has 2 aliphatic heterocycles. The average Bonchev–Trinajstić information content (AvgIpc) is 2.81. The second-order valence-electron chi connectivity index (χ2n) is 6.41. The van der Waals surface area contributed by atoms with Crippen LogP contribution in [0.25, 0.3) is 0 Å². The first-order valence-corrected chi connectivity index (χ1v) is 8.15. The van der Waals surface area contributed by atoms with Gasteiger partial charge in [-0.2, -0.15) is 0 Å². The Hall–Kier alpha value is -1.92. The van der Waals surface area contributed by atoms with Gasteiger partial charge in [-0.25, -0.2) is 4.79 Å². The molecule has 0 spiro atoms. The molecule has 0 aromatic heterocycles. The first-order valence-electron chi connectivity index (χ1n) is 8.15. The van der Waals surface area contributed by atoms with Gasteiger partial charge in [-0.1, -0.05) is 18.2 Å². The number of nitrogens with zero attached hydrogens (tertiary/aromatic N) is 1. The van der Waals surface area contributed by atoms with E-state index in [1.54, 1.807) is 31.4 Å². The van der Waals surface area contributed by atoms with Crippen LogP contribution < -0.4 is 0 Å². The Balaban J connectivity index is 1.84. The Morgan fingerprint density at radius 1 is 1.08 bits per heavy atom. The van der Waals surface area contributed by atoms with Crippen LogP contribution in [0.4, 0.5) is 0 Å². The first-order chi connectivity index (χ1) is 11.6. The molecule has 6 nitrogen and oxygen atoms in total. The quantitative estimate of drug-likeness (QED) is 0.778. The summed E-state index contributed by atoms with van der Waals surface area (Å²) in [4.78, 5) is 27.0. The van der Waals surface area contributed by atoms with Gasteiger partial charge in [-0.05, 0) is 25.6 Å². The molecule has 0 N–H and O–H groups in total. The maximum Gasteiger partial charge on any atom is 0.338 e. The van der Waals surface area contributed by atoms with Crippen molar-refractivity contribution in [1.82, 2.24) is 4.90 Å². The fourth-order valence-corrected chi connectivity index (χ4v) is 4.03. The smallest absolute Gasteiger partial charge is 0.338 e. The van der Waals surface area contributed by atoms with Crippen molar-refractivity contribution in [1.29, 1.82) is 0 Å². The molecule has 24 heavy (non-hydrogen) atoms. The van der Waals surface area contributed by atoms with Crippen LogP contribution in [0.2, 0.25) is 0 Å². The van der Waals surface area contributed by atoms with Crippen molar-refractivity contribution in [2.75, 3.05) is 21.3 Å². The number of benzene rings is 1. The lowest BCUT2D eigenvalue weighted by Gasteiger charge is -2.41. The third-order valence-electron chi connectivity index (χ3n) is 5.25. The highest BCUT2D eigenvalue weighted by molar-refractivity contribution is 5.89. The normalized spacial score (nSPS) is 32.4. The molecule has 2 aliphatic rings. The number of fused-ring (bicyclic) bond motifs is 2. The summed E-state index contributed by atoms with van der Waals surface area (Å²) < 4.78 is 16.3. The minimum Gasteiger partial charge on any atom is -0.469 e. The topological polar surface area (TPSA) is 65.1 Å². The Labute approximate surface area is 141 Å². The van der Waals surface area contributed by atoms with Gasteiger partial charge in [0.15, 0.2) is 0 Å². The van der Waals surface area contributed by atoms with Crippen LogP contribution >= 0.6 is 0 Å². The van der Waals surface area contributed by atoms with Crippen molar-refractivity contribution in [2.24, 2.45) is 5.92 Å². The largest absolute Gasteiger partial charge is 0.469 e. The number of carbonyl (C=O) groups excluding carboxylic acids is 2. The van der Waals surface area contributed by atoms with Crippen LogP contribution in [0.3, 0.4) is 0 Å². The molecule has 1 aromatic carbocycles. The van der Waals surface area contributed by atoms with Gasteiger partial charge in [0.2, 0.25) is 0 Å². The van der Waals surface area contributed by atoms with Crippen LogP contribution in [-0.2, 0) is 19.0 Å². The lowest BCUT2D eigenvalue weighted by atomic mass is 9.87. The maximum absolute atomic E-state index is 12.4. The predicted molar refractivity (Wildman–Crippen MR) is 86.5 cm³/mol. The van der Waals surface area contributed by atoms with E-state index in [0.717, 1.165) is 6.42 Å². The van der Waals surface area contributed by atoms with E-state index in [9.17, 15) is 9.59 Å². The van der Waals surface area contributed by atoms with Gasteiger partial charge < -0.3 is 14.2 Å². The molecule has 2 saturated heterocycles. The van der Waals surface area contributed by atoms with Crippen LogP contribution in [0.5, 0.6) is 0 Å². The van der Waals surface area contributed by atoms with E-state index in [1.165, 1.54) is 7.11 Å². The summed E-state index contributed by atoms with van der Waals surface area (Å²) in [6.45, 7) is 0. The summed E-state index contributed by atoms with van der Waals surface area (Å²) in [5.41, 5.74) is 0.482. The van der Waals surface area contributed by atoms with E-state index < -0.39 is 18.0 Å². The fourth-order valence-electron chi connectivity index (χ4n) is 4.03. The SMILES string of the molecule is COC(=O)[C@H]1[C@@H]2[C@@H](OC)C[C@H](C[C@H]1OC(=O)c1ccccc1)N2C. The molecule has 0 saturated carbocycles. The molecule has 2 fully saturated rings. The molecule has 130 valence electrons. The minimum absolute atomic E-state index is 0.0653. The van der Waals surface area contributed by atoms with Crippen LogP contribution in [0.15, 0.2) is 30.3 Å². The van der Waals surface area contributed by atoms with E-state index in [1.807, 2.05) is 13.1 Å². The molecule has 3 rings (SSSR count). The van der Waals surface area contributed by atoms with Crippen LogP contribution in [0, 0.1) is 5.92 Å². The van der Waals surface area contributed by atoms with Gasteiger partial charge >= 0.3 is 11.9 Å². The van der Waals surface area contributed by atoms with Gasteiger partial charge in [-0.15, -0.1) is 0 Å². The van der Waals surface area contributed by atoms with E-state index in [2.05, 4.69) is 4.90 Å². The Kier molecular flexibility index (Phi) is 4.87. The second-order valence-corrected chi connectivity index (χ2v) is 6.41. The summed E-state index contributed by atoms with van der Waals surface area (Å²) in [5.74, 6) is -1.32. The molecule has 2 heterocycles. The van der Waals surface area contributed by atoms with Crippen molar-refractivity contribution in [3.05, 3.63) is 35.9 Å². The zero-order valence-corrected chi connectivity index (χ0v) is 14.2. The number of likely N-dealkylation sites (N-methyl/N-ethyl adjacent to an activating group) is 1. The van der Waals surface area contributed by atoms with Crippen molar-refractivity contribution < 1.29 is 23.8 Å². The van der Waals surface area contributed by atoms with Crippen molar-refractivity contribution in [3.8, 4) is 0 Å². The molecule has 5 atom stereocenters. The second kappa shape index (κ2) is 6.91. The average molecular weight is 333 g/mol.